The summed E-state index contributed by atoms with van der Waals surface area (Å²) in [6.45, 7) is 0. The van der Waals surface area contributed by atoms with Crippen molar-refractivity contribution in [2.24, 2.45) is 0 Å². The first kappa shape index (κ1) is 10.9. The van der Waals surface area contributed by atoms with Gasteiger partial charge in [0.05, 0.1) is 5.56 Å². The highest BCUT2D eigenvalue weighted by Gasteiger charge is 2.08. The van der Waals surface area contributed by atoms with Crippen LogP contribution in [0.5, 0.6) is 11.5 Å². The van der Waals surface area contributed by atoms with Crippen LogP contribution in [0.4, 0.5) is 5.82 Å². The van der Waals surface area contributed by atoms with Crippen LogP contribution in [0.25, 0.3) is 0 Å². The molecule has 0 amide bonds. The first-order chi connectivity index (χ1) is 8.15. The average Bonchev–Trinajstić information content (AvgIpc) is 2.33. The molecule has 0 aliphatic rings. The van der Waals surface area contributed by atoms with Gasteiger partial charge in [-0.2, -0.15) is 0 Å². The number of nitrogens with zero attached hydrogens (tertiary/aromatic N) is 1. The second kappa shape index (κ2) is 4.52. The minimum Gasteiger partial charge on any atom is -0.508 e. The highest BCUT2D eigenvalue weighted by Crippen LogP contribution is 2.17. The molecule has 5 nitrogen and oxygen atoms in total. The van der Waals surface area contributed by atoms with E-state index in [9.17, 15) is 4.79 Å². The normalized spacial score (nSPS) is 9.88. The quantitative estimate of drug-likeness (QED) is 0.604. The summed E-state index contributed by atoms with van der Waals surface area (Å²) in [7, 11) is 0. The zero-order valence-electron chi connectivity index (χ0n) is 8.83. The van der Waals surface area contributed by atoms with Gasteiger partial charge in [0, 0.05) is 6.20 Å². The summed E-state index contributed by atoms with van der Waals surface area (Å²) in [5.74, 6) is 0.276. The van der Waals surface area contributed by atoms with Gasteiger partial charge in [-0.3, -0.25) is 0 Å². The third-order valence-electron chi connectivity index (χ3n) is 2.07. The molecular weight excluding hydrogens is 220 g/mol. The first-order valence-corrected chi connectivity index (χ1v) is 4.88. The SMILES string of the molecule is Nc1ccc(C(=O)Oc2ccc(O)cc2)cn1. The fourth-order valence-electron chi connectivity index (χ4n) is 1.21. The number of carbonyl (C=O) groups is 1. The lowest BCUT2D eigenvalue weighted by atomic mass is 10.3. The summed E-state index contributed by atoms with van der Waals surface area (Å²) in [6, 6.07) is 8.92. The molecule has 5 heteroatoms. The van der Waals surface area contributed by atoms with Gasteiger partial charge >= 0.3 is 5.97 Å². The third kappa shape index (κ3) is 2.72. The van der Waals surface area contributed by atoms with Gasteiger partial charge in [-0.25, -0.2) is 9.78 Å². The molecule has 1 heterocycles. The predicted octanol–water partition coefficient (Wildman–Crippen LogP) is 1.59. The number of nitrogens with two attached hydrogens (primary N) is 1. The van der Waals surface area contributed by atoms with E-state index in [0.717, 1.165) is 0 Å². The molecule has 0 saturated heterocycles. The van der Waals surface area contributed by atoms with Crippen LogP contribution in [0.1, 0.15) is 10.4 Å². The Morgan fingerprint density at radius 2 is 1.88 bits per heavy atom. The Hall–Kier alpha value is -2.56. The molecule has 0 radical (unpaired) electrons. The lowest BCUT2D eigenvalue weighted by Crippen LogP contribution is -2.09. The van der Waals surface area contributed by atoms with Crippen molar-refractivity contribution in [2.75, 3.05) is 5.73 Å². The standard InChI is InChI=1S/C12H10N2O3/c13-11-6-1-8(7-14-11)12(16)17-10-4-2-9(15)3-5-10/h1-7,15H,(H2,13,14). The molecule has 2 rings (SSSR count). The number of ether oxygens (including phenoxy) is 1. The molecule has 0 aliphatic heterocycles. The highest BCUT2D eigenvalue weighted by atomic mass is 16.5. The molecule has 1 aromatic carbocycles. The molecule has 0 aliphatic carbocycles. The number of carbonyl (C=O) groups excluding carboxylic acids is 1. The van der Waals surface area contributed by atoms with Gasteiger partial charge in [-0.05, 0) is 36.4 Å². The summed E-state index contributed by atoms with van der Waals surface area (Å²) in [5.41, 5.74) is 5.72. The maximum atomic E-state index is 11.6. The van der Waals surface area contributed by atoms with E-state index in [2.05, 4.69) is 4.98 Å². The molecule has 0 bridgehead atoms. The van der Waals surface area contributed by atoms with Crippen molar-refractivity contribution in [3.8, 4) is 11.5 Å². The molecule has 86 valence electrons. The Morgan fingerprint density at radius 3 is 2.47 bits per heavy atom. The van der Waals surface area contributed by atoms with Gasteiger partial charge in [-0.1, -0.05) is 0 Å². The minimum atomic E-state index is -0.525. The summed E-state index contributed by atoms with van der Waals surface area (Å²) in [6.07, 6.45) is 1.35. The van der Waals surface area contributed by atoms with Crippen LogP contribution in [0.3, 0.4) is 0 Å². The van der Waals surface area contributed by atoms with Crippen LogP contribution in [-0.4, -0.2) is 16.1 Å². The Balaban J connectivity index is 2.11. The van der Waals surface area contributed by atoms with Gasteiger partial charge in [0.25, 0.3) is 0 Å². The summed E-state index contributed by atoms with van der Waals surface area (Å²) in [5, 5.41) is 9.07. The van der Waals surface area contributed by atoms with Crippen molar-refractivity contribution in [1.29, 1.82) is 0 Å². The molecule has 17 heavy (non-hydrogen) atoms. The Kier molecular flexibility index (Phi) is 2.91. The fraction of sp³-hybridized carbons (Fsp3) is 0. The van der Waals surface area contributed by atoms with Crippen LogP contribution >= 0.6 is 0 Å². The lowest BCUT2D eigenvalue weighted by Gasteiger charge is -2.04. The van der Waals surface area contributed by atoms with Crippen LogP contribution in [0, 0.1) is 0 Å². The van der Waals surface area contributed by atoms with E-state index < -0.39 is 5.97 Å². The number of esters is 1. The van der Waals surface area contributed by atoms with E-state index in [4.69, 9.17) is 15.6 Å². The zero-order chi connectivity index (χ0) is 12.3. The number of aromatic nitrogens is 1. The maximum Gasteiger partial charge on any atom is 0.345 e. The highest BCUT2D eigenvalue weighted by molar-refractivity contribution is 5.90. The average molecular weight is 230 g/mol. The lowest BCUT2D eigenvalue weighted by molar-refractivity contribution is 0.0734. The summed E-state index contributed by atoms with van der Waals surface area (Å²) >= 11 is 0. The smallest absolute Gasteiger partial charge is 0.345 e. The minimum absolute atomic E-state index is 0.110. The summed E-state index contributed by atoms with van der Waals surface area (Å²) < 4.78 is 5.06. The van der Waals surface area contributed by atoms with E-state index in [0.29, 0.717) is 17.1 Å². The van der Waals surface area contributed by atoms with Gasteiger partial charge in [0.15, 0.2) is 0 Å². The van der Waals surface area contributed by atoms with Gasteiger partial charge in [0.1, 0.15) is 17.3 Å². The second-order valence-corrected chi connectivity index (χ2v) is 3.36. The van der Waals surface area contributed by atoms with E-state index in [1.807, 2.05) is 0 Å². The second-order valence-electron chi connectivity index (χ2n) is 3.36. The first-order valence-electron chi connectivity index (χ1n) is 4.88. The monoisotopic (exact) mass is 230 g/mol. The van der Waals surface area contributed by atoms with Crippen LogP contribution in [0.15, 0.2) is 42.6 Å². The molecule has 0 atom stereocenters. The fourth-order valence-corrected chi connectivity index (χ4v) is 1.21. The zero-order valence-corrected chi connectivity index (χ0v) is 8.83. The number of anilines is 1. The van der Waals surface area contributed by atoms with Crippen molar-refractivity contribution < 1.29 is 14.6 Å². The van der Waals surface area contributed by atoms with Crippen LogP contribution in [0.2, 0.25) is 0 Å². The Labute approximate surface area is 97.5 Å². The molecular formula is C12H10N2O3. The number of hydrogen-bond acceptors (Lipinski definition) is 5. The number of pyridine rings is 1. The number of rotatable bonds is 2. The van der Waals surface area contributed by atoms with Gasteiger partial charge < -0.3 is 15.6 Å². The third-order valence-corrected chi connectivity index (χ3v) is 2.07. The largest absolute Gasteiger partial charge is 0.508 e. The molecule has 0 saturated carbocycles. The van der Waals surface area contributed by atoms with Crippen molar-refractivity contribution in [2.45, 2.75) is 0 Å². The van der Waals surface area contributed by atoms with Crippen molar-refractivity contribution in [3.05, 3.63) is 48.2 Å². The van der Waals surface area contributed by atoms with Crippen LogP contribution in [-0.2, 0) is 0 Å². The molecule has 0 spiro atoms. The number of phenolic OH excluding ortho intramolecular Hbond substituents is 1. The number of phenols is 1. The Bertz CT molecular complexity index is 520. The number of benzene rings is 1. The van der Waals surface area contributed by atoms with E-state index in [1.54, 1.807) is 0 Å². The number of aromatic hydroxyl groups is 1. The number of hydrogen-bond donors (Lipinski definition) is 2. The molecule has 2 aromatic rings. The molecule has 0 unspecified atom stereocenters. The van der Waals surface area contributed by atoms with Crippen LogP contribution < -0.4 is 10.5 Å². The predicted molar refractivity (Wildman–Crippen MR) is 61.7 cm³/mol. The molecule has 3 N–H and O–H groups in total. The topological polar surface area (TPSA) is 85.4 Å². The van der Waals surface area contributed by atoms with E-state index in [1.165, 1.54) is 42.6 Å². The van der Waals surface area contributed by atoms with E-state index >= 15 is 0 Å². The van der Waals surface area contributed by atoms with Crippen molar-refractivity contribution in [1.82, 2.24) is 4.98 Å². The molecule has 0 fully saturated rings. The van der Waals surface area contributed by atoms with Crippen molar-refractivity contribution >= 4 is 11.8 Å². The van der Waals surface area contributed by atoms with Gasteiger partial charge in [-0.15, -0.1) is 0 Å². The number of nitrogen functional groups attached to an aromatic ring is 1. The molecule has 1 aromatic heterocycles. The summed E-state index contributed by atoms with van der Waals surface area (Å²) in [4.78, 5) is 15.4. The maximum absolute atomic E-state index is 11.6. The van der Waals surface area contributed by atoms with Gasteiger partial charge in [0.2, 0.25) is 0 Å². The van der Waals surface area contributed by atoms with Crippen molar-refractivity contribution in [3.63, 3.8) is 0 Å². The van der Waals surface area contributed by atoms with E-state index in [-0.39, 0.29) is 5.75 Å². The Morgan fingerprint density at radius 1 is 1.18 bits per heavy atom.